The molecule has 19 heteroatoms. The summed E-state index contributed by atoms with van der Waals surface area (Å²) in [6, 6.07) is -1.49. The number of hydrogen-bond donors (Lipinski definition) is 7. The Morgan fingerprint density at radius 3 is 2.21 bits per heavy atom. The molecule has 2 rings (SSSR count). The summed E-state index contributed by atoms with van der Waals surface area (Å²) >= 11 is 0. The average molecular weight is 645 g/mol. The second-order valence-corrected chi connectivity index (χ2v) is 12.1. The normalized spacial score (nSPS) is 34.9. The van der Waals surface area contributed by atoms with E-state index in [1.807, 2.05) is 0 Å². The number of carboxylic acids is 1. The number of carbonyl (C=O) groups excluding carboxylic acids is 2. The molecule has 0 bridgehead atoms. The van der Waals surface area contributed by atoms with E-state index in [9.17, 15) is 44.5 Å². The number of methoxy groups -OCH3 is 1. The Hall–Kier alpha value is -2.22. The van der Waals surface area contributed by atoms with Gasteiger partial charge in [-0.1, -0.05) is 20.4 Å². The summed E-state index contributed by atoms with van der Waals surface area (Å²) < 4.78 is 52.0. The predicted octanol–water partition coefficient (Wildman–Crippen LogP) is -1.82. The van der Waals surface area contributed by atoms with Crippen LogP contribution in [0, 0.1) is 0 Å². The number of carboxylic acid groups (broad SMARTS) is 1. The highest BCUT2D eigenvalue weighted by molar-refractivity contribution is 7.53. The van der Waals surface area contributed by atoms with E-state index in [1.54, 1.807) is 6.92 Å². The fourth-order valence-corrected chi connectivity index (χ4v) is 5.62. The Labute approximate surface area is 247 Å². The van der Waals surface area contributed by atoms with Gasteiger partial charge in [0, 0.05) is 20.2 Å². The fraction of sp³-hybridized carbons (Fsp3) is 0.792. The minimum absolute atomic E-state index is 0.262. The first kappa shape index (κ1) is 37.0. The molecule has 2 aliphatic rings. The van der Waals surface area contributed by atoms with Gasteiger partial charge in [-0.3, -0.25) is 13.9 Å². The molecule has 2 amide bonds. The van der Waals surface area contributed by atoms with Crippen molar-refractivity contribution in [1.82, 2.24) is 5.32 Å². The van der Waals surface area contributed by atoms with Crippen molar-refractivity contribution in [3.05, 3.63) is 12.2 Å². The smallest absolute Gasteiger partial charge is 0.404 e. The summed E-state index contributed by atoms with van der Waals surface area (Å²) in [5.74, 6) is -2.09. The SMILES string of the molecule is C=C(CC)C1OC(OP(=O)(CC)OCC(OC)C(=O)O)C(OC2OC(CO)C(O)C(O)C2NC(C)=O)C(OC(N)=O)C1O. The van der Waals surface area contributed by atoms with E-state index in [0.29, 0.717) is 5.57 Å². The van der Waals surface area contributed by atoms with E-state index in [1.165, 1.54) is 6.92 Å². The number of aliphatic carboxylic acids is 1. The van der Waals surface area contributed by atoms with E-state index in [2.05, 4.69) is 11.9 Å². The molecular weight excluding hydrogens is 603 g/mol. The van der Waals surface area contributed by atoms with Crippen molar-refractivity contribution in [3.8, 4) is 0 Å². The summed E-state index contributed by atoms with van der Waals surface area (Å²) in [7, 11) is -3.16. The maximum absolute atomic E-state index is 13.7. The molecule has 2 heterocycles. The van der Waals surface area contributed by atoms with Crippen LogP contribution in [0.4, 0.5) is 4.79 Å². The first-order valence-electron chi connectivity index (χ1n) is 13.3. The molecule has 18 nitrogen and oxygen atoms in total. The van der Waals surface area contributed by atoms with E-state index >= 15 is 0 Å². The van der Waals surface area contributed by atoms with Crippen molar-refractivity contribution in [2.45, 2.75) is 94.6 Å². The lowest BCUT2D eigenvalue weighted by molar-refractivity contribution is -0.338. The molecule has 0 radical (unpaired) electrons. The lowest BCUT2D eigenvalue weighted by Crippen LogP contribution is -2.68. The van der Waals surface area contributed by atoms with Crippen LogP contribution in [0.1, 0.15) is 27.2 Å². The van der Waals surface area contributed by atoms with E-state index < -0.39 is 106 Å². The van der Waals surface area contributed by atoms with Crippen molar-refractivity contribution in [2.24, 2.45) is 5.73 Å². The summed E-state index contributed by atoms with van der Waals surface area (Å²) in [6.45, 7) is 6.52. The number of nitrogens with two attached hydrogens (primary N) is 1. The highest BCUT2D eigenvalue weighted by Gasteiger charge is 2.55. The minimum atomic E-state index is -4.26. The van der Waals surface area contributed by atoms with Gasteiger partial charge in [0.2, 0.25) is 5.91 Å². The highest BCUT2D eigenvalue weighted by atomic mass is 31.2. The topological polar surface area (TPSA) is 272 Å². The van der Waals surface area contributed by atoms with Gasteiger partial charge in [0.1, 0.15) is 36.6 Å². The number of nitrogens with one attached hydrogen (secondary N) is 1. The van der Waals surface area contributed by atoms with Gasteiger partial charge >= 0.3 is 19.7 Å². The zero-order valence-electron chi connectivity index (χ0n) is 24.1. The maximum Gasteiger partial charge on any atom is 0.404 e. The number of primary amides is 1. The summed E-state index contributed by atoms with van der Waals surface area (Å²) in [5.41, 5.74) is 5.55. The molecule has 0 aliphatic carbocycles. The Bertz CT molecular complexity index is 1030. The zero-order valence-corrected chi connectivity index (χ0v) is 25.0. The Morgan fingerprint density at radius 1 is 1.07 bits per heavy atom. The van der Waals surface area contributed by atoms with Gasteiger partial charge in [0.25, 0.3) is 0 Å². The van der Waals surface area contributed by atoms with Gasteiger partial charge in [0.15, 0.2) is 30.9 Å². The molecule has 12 unspecified atom stereocenters. The van der Waals surface area contributed by atoms with Crippen molar-refractivity contribution in [1.29, 1.82) is 0 Å². The standard InChI is InChI=1S/C24H41N2O16P/c1-6-10(3)18-17(31)19(41-24(25)34)20(23(39-18)42-43(35,7-2)37-9-13(36-5)21(32)33)40-22-14(26-11(4)28)16(30)15(29)12(8-27)38-22/h12-20,22-23,27,29-31H,3,6-9H2,1-2,4-5H3,(H2,25,34)(H,26,28)(H,32,33). The first-order valence-corrected chi connectivity index (χ1v) is 15.1. The second-order valence-electron chi connectivity index (χ2n) is 9.75. The molecule has 12 atom stereocenters. The number of rotatable bonds is 15. The van der Waals surface area contributed by atoms with Gasteiger partial charge in [-0.15, -0.1) is 0 Å². The predicted molar refractivity (Wildman–Crippen MR) is 142 cm³/mol. The minimum Gasteiger partial charge on any atom is -0.479 e. The highest BCUT2D eigenvalue weighted by Crippen LogP contribution is 2.51. The van der Waals surface area contributed by atoms with Crippen LogP contribution in [-0.4, -0.2) is 137 Å². The van der Waals surface area contributed by atoms with Crippen LogP contribution in [0.3, 0.4) is 0 Å². The molecule has 0 aromatic heterocycles. The van der Waals surface area contributed by atoms with Crippen LogP contribution >= 0.6 is 7.60 Å². The molecule has 0 spiro atoms. The van der Waals surface area contributed by atoms with Crippen molar-refractivity contribution < 1.29 is 77.2 Å². The van der Waals surface area contributed by atoms with Crippen LogP contribution in [0.15, 0.2) is 12.2 Å². The van der Waals surface area contributed by atoms with Gasteiger partial charge in [-0.05, 0) is 12.0 Å². The number of aliphatic hydroxyl groups is 4. The monoisotopic (exact) mass is 644 g/mol. The molecule has 248 valence electrons. The van der Waals surface area contributed by atoms with Gasteiger partial charge in [-0.25, -0.2) is 9.59 Å². The number of ether oxygens (including phenoxy) is 5. The molecular formula is C24H41N2O16P. The van der Waals surface area contributed by atoms with Gasteiger partial charge < -0.3 is 64.8 Å². The first-order chi connectivity index (χ1) is 20.1. The lowest BCUT2D eigenvalue weighted by atomic mass is 9.92. The second kappa shape index (κ2) is 16.2. The van der Waals surface area contributed by atoms with Crippen LogP contribution in [0.25, 0.3) is 0 Å². The zero-order chi connectivity index (χ0) is 32.6. The number of amides is 2. The Morgan fingerprint density at radius 2 is 1.72 bits per heavy atom. The average Bonchev–Trinajstić information content (AvgIpc) is 2.94. The quantitative estimate of drug-likeness (QED) is 0.0763. The Balaban J connectivity index is 2.56. The van der Waals surface area contributed by atoms with Crippen molar-refractivity contribution in [2.75, 3.05) is 26.5 Å². The molecule has 43 heavy (non-hydrogen) atoms. The van der Waals surface area contributed by atoms with Gasteiger partial charge in [-0.2, -0.15) is 0 Å². The Kier molecular flexibility index (Phi) is 13.9. The van der Waals surface area contributed by atoms with Crippen LogP contribution in [0.5, 0.6) is 0 Å². The van der Waals surface area contributed by atoms with E-state index in [-0.39, 0.29) is 12.6 Å². The summed E-state index contributed by atoms with van der Waals surface area (Å²) in [6.07, 6.45) is -17.9. The van der Waals surface area contributed by atoms with Crippen molar-refractivity contribution >= 4 is 25.6 Å². The molecule has 8 N–H and O–H groups in total. The van der Waals surface area contributed by atoms with Crippen LogP contribution < -0.4 is 11.1 Å². The number of hydrogen-bond acceptors (Lipinski definition) is 15. The number of aliphatic hydroxyl groups excluding tert-OH is 4. The maximum atomic E-state index is 13.7. The lowest BCUT2D eigenvalue weighted by Gasteiger charge is -2.48. The summed E-state index contributed by atoms with van der Waals surface area (Å²) in [5, 5.41) is 53.5. The fourth-order valence-electron chi connectivity index (χ4n) is 4.38. The molecule has 2 saturated heterocycles. The van der Waals surface area contributed by atoms with E-state index in [4.69, 9.17) is 38.5 Å². The molecule has 0 saturated carbocycles. The largest absolute Gasteiger partial charge is 0.479 e. The van der Waals surface area contributed by atoms with Crippen molar-refractivity contribution in [3.63, 3.8) is 0 Å². The van der Waals surface area contributed by atoms with E-state index in [0.717, 1.165) is 14.0 Å². The summed E-state index contributed by atoms with van der Waals surface area (Å²) in [4.78, 5) is 35.2. The third-order valence-electron chi connectivity index (χ3n) is 6.80. The third kappa shape index (κ3) is 9.39. The third-order valence-corrected chi connectivity index (χ3v) is 8.65. The van der Waals surface area contributed by atoms with Gasteiger partial charge in [0.05, 0.1) is 13.2 Å². The van der Waals surface area contributed by atoms with Crippen LogP contribution in [0.2, 0.25) is 0 Å². The van der Waals surface area contributed by atoms with Crippen LogP contribution in [-0.2, 0) is 46.9 Å². The number of carbonyl (C=O) groups is 3. The molecule has 0 aromatic carbocycles. The molecule has 2 aliphatic heterocycles. The molecule has 2 fully saturated rings. The molecule has 0 aromatic rings.